The van der Waals surface area contributed by atoms with Crippen LogP contribution < -0.4 is 16.4 Å². The van der Waals surface area contributed by atoms with Gasteiger partial charge in [-0.05, 0) is 31.3 Å². The standard InChI is InChI=1S/C17H24N4O7/c1-16(13(24)25,9-10-3-5-11(18)6-4-10)20-15(28)21-17(19-2,14(26)27)8-7-12(22)23/h3-6,15,20-21,28H,2,7-9,18H2,1H3,(H,22,23)(H,24,25)(H,26,27)/t15?,16-,17-/m0/s1. The van der Waals surface area contributed by atoms with Crippen molar-refractivity contribution in [1.82, 2.24) is 10.6 Å². The Balaban J connectivity index is 2.99. The molecule has 3 atom stereocenters. The van der Waals surface area contributed by atoms with Gasteiger partial charge in [-0.3, -0.25) is 19.9 Å². The summed E-state index contributed by atoms with van der Waals surface area (Å²) < 4.78 is 0. The van der Waals surface area contributed by atoms with Crippen molar-refractivity contribution in [3.8, 4) is 0 Å². The number of aliphatic hydroxyl groups excluding tert-OH is 1. The predicted molar refractivity (Wildman–Crippen MR) is 99.7 cm³/mol. The highest BCUT2D eigenvalue weighted by Gasteiger charge is 2.42. The minimum Gasteiger partial charge on any atom is -0.481 e. The van der Waals surface area contributed by atoms with Gasteiger partial charge in [0.1, 0.15) is 5.54 Å². The number of rotatable bonds is 12. The lowest BCUT2D eigenvalue weighted by atomic mass is 9.92. The summed E-state index contributed by atoms with van der Waals surface area (Å²) in [6.45, 7) is 4.44. The molecule has 8 N–H and O–H groups in total. The largest absolute Gasteiger partial charge is 0.481 e. The molecule has 0 amide bonds. The molecule has 0 heterocycles. The van der Waals surface area contributed by atoms with Gasteiger partial charge in [0, 0.05) is 24.9 Å². The highest BCUT2D eigenvalue weighted by molar-refractivity contribution is 5.81. The first-order chi connectivity index (χ1) is 12.9. The second-order valence-electron chi connectivity index (χ2n) is 6.46. The second-order valence-corrected chi connectivity index (χ2v) is 6.46. The van der Waals surface area contributed by atoms with E-state index < -0.39 is 48.3 Å². The molecule has 0 aromatic heterocycles. The molecule has 11 nitrogen and oxygen atoms in total. The predicted octanol–water partition coefficient (Wildman–Crippen LogP) is -0.544. The summed E-state index contributed by atoms with van der Waals surface area (Å²) in [7, 11) is 0. The number of carboxylic acid groups (broad SMARTS) is 3. The number of anilines is 1. The molecule has 0 bridgehead atoms. The Hall–Kier alpha value is -3.02. The molecule has 0 aliphatic heterocycles. The Bertz CT molecular complexity index is 740. The molecular formula is C17H24N4O7. The zero-order chi connectivity index (χ0) is 21.5. The normalized spacial score (nSPS) is 16.4. The van der Waals surface area contributed by atoms with Crippen LogP contribution in [0.4, 0.5) is 5.69 Å². The Morgan fingerprint density at radius 1 is 1.14 bits per heavy atom. The molecule has 0 spiro atoms. The van der Waals surface area contributed by atoms with Crippen LogP contribution in [0.25, 0.3) is 0 Å². The fourth-order valence-corrected chi connectivity index (χ4v) is 2.52. The number of aliphatic hydroxyl groups is 1. The molecule has 1 unspecified atom stereocenters. The van der Waals surface area contributed by atoms with Crippen molar-refractivity contribution in [2.45, 2.75) is 43.7 Å². The molecule has 0 radical (unpaired) electrons. The first kappa shape index (κ1) is 23.0. The third-order valence-electron chi connectivity index (χ3n) is 4.16. The number of benzene rings is 1. The molecule has 28 heavy (non-hydrogen) atoms. The van der Waals surface area contributed by atoms with Crippen molar-refractivity contribution in [3.05, 3.63) is 29.8 Å². The monoisotopic (exact) mass is 396 g/mol. The fourth-order valence-electron chi connectivity index (χ4n) is 2.52. The van der Waals surface area contributed by atoms with Gasteiger partial charge in [0.05, 0.1) is 0 Å². The minimum absolute atomic E-state index is 0.0575. The third-order valence-corrected chi connectivity index (χ3v) is 4.16. The zero-order valence-electron chi connectivity index (χ0n) is 15.3. The van der Waals surface area contributed by atoms with Crippen molar-refractivity contribution in [2.24, 2.45) is 4.99 Å². The first-order valence-corrected chi connectivity index (χ1v) is 8.18. The van der Waals surface area contributed by atoms with Crippen molar-refractivity contribution in [1.29, 1.82) is 0 Å². The Morgan fingerprint density at radius 3 is 2.14 bits per heavy atom. The number of hydrogen-bond acceptors (Lipinski definition) is 8. The maximum Gasteiger partial charge on any atom is 0.346 e. The summed E-state index contributed by atoms with van der Waals surface area (Å²) in [5.41, 5.74) is 2.79. The average molecular weight is 396 g/mol. The lowest BCUT2D eigenvalue weighted by Crippen LogP contribution is -2.65. The van der Waals surface area contributed by atoms with E-state index in [1.165, 1.54) is 6.92 Å². The summed E-state index contributed by atoms with van der Waals surface area (Å²) in [6.07, 6.45) is -2.97. The number of aliphatic carboxylic acids is 3. The van der Waals surface area contributed by atoms with Crippen LogP contribution in [-0.2, 0) is 20.8 Å². The Labute approximate surface area is 160 Å². The highest BCUT2D eigenvalue weighted by Crippen LogP contribution is 2.19. The van der Waals surface area contributed by atoms with Gasteiger partial charge in [-0.25, -0.2) is 10.1 Å². The van der Waals surface area contributed by atoms with Gasteiger partial charge in [-0.15, -0.1) is 0 Å². The highest BCUT2D eigenvalue weighted by atomic mass is 16.4. The van der Waals surface area contributed by atoms with Gasteiger partial charge in [-0.1, -0.05) is 12.1 Å². The van der Waals surface area contributed by atoms with Crippen LogP contribution in [0.1, 0.15) is 25.3 Å². The number of hydrogen-bond donors (Lipinski definition) is 7. The molecule has 11 heteroatoms. The van der Waals surface area contributed by atoms with E-state index in [0.717, 1.165) is 0 Å². The second kappa shape index (κ2) is 9.26. The number of carboxylic acids is 3. The number of nitrogens with two attached hydrogens (primary N) is 1. The molecular weight excluding hydrogens is 372 g/mol. The molecule has 0 saturated heterocycles. The third kappa shape index (κ3) is 6.01. The minimum atomic E-state index is -2.22. The van der Waals surface area contributed by atoms with Gasteiger partial charge >= 0.3 is 17.9 Å². The van der Waals surface area contributed by atoms with Gasteiger partial charge < -0.3 is 26.2 Å². The maximum absolute atomic E-state index is 11.8. The smallest absolute Gasteiger partial charge is 0.346 e. The summed E-state index contributed by atoms with van der Waals surface area (Å²) in [5.74, 6) is -4.14. The zero-order valence-corrected chi connectivity index (χ0v) is 15.3. The van der Waals surface area contributed by atoms with Crippen LogP contribution in [0.3, 0.4) is 0 Å². The SMILES string of the molecule is C=N[C@@](CCC(=O)O)(NC(O)N[C@@](C)(Cc1ccc(N)cc1)C(=O)O)C(=O)O. The molecule has 1 rings (SSSR count). The Morgan fingerprint density at radius 2 is 1.71 bits per heavy atom. The molecule has 0 fully saturated rings. The summed E-state index contributed by atoms with van der Waals surface area (Å²) in [5, 5.41) is 42.6. The van der Waals surface area contributed by atoms with E-state index in [4.69, 9.17) is 10.8 Å². The lowest BCUT2D eigenvalue weighted by molar-refractivity contribution is -0.150. The number of carbonyl (C=O) groups is 3. The number of nitrogens with zero attached hydrogens (tertiary/aromatic N) is 1. The van der Waals surface area contributed by atoms with Crippen LogP contribution in [0, 0.1) is 0 Å². The lowest BCUT2D eigenvalue weighted by Gasteiger charge is -2.34. The van der Waals surface area contributed by atoms with Crippen LogP contribution in [0.2, 0.25) is 0 Å². The topological polar surface area (TPSA) is 195 Å². The first-order valence-electron chi connectivity index (χ1n) is 8.18. The number of aliphatic imine (C=N–C) groups is 1. The van der Waals surface area contributed by atoms with E-state index in [2.05, 4.69) is 22.3 Å². The number of nitrogen functional groups attached to an aromatic ring is 1. The van der Waals surface area contributed by atoms with Gasteiger partial charge in [0.2, 0.25) is 5.66 Å². The van der Waals surface area contributed by atoms with Crippen molar-refractivity contribution >= 4 is 30.3 Å². The van der Waals surface area contributed by atoms with E-state index in [1.54, 1.807) is 24.3 Å². The molecule has 1 aromatic carbocycles. The van der Waals surface area contributed by atoms with E-state index in [9.17, 15) is 29.7 Å². The van der Waals surface area contributed by atoms with Gasteiger partial charge in [-0.2, -0.15) is 0 Å². The maximum atomic E-state index is 11.8. The van der Waals surface area contributed by atoms with Gasteiger partial charge in [0.25, 0.3) is 0 Å². The summed E-state index contributed by atoms with van der Waals surface area (Å²) in [4.78, 5) is 37.5. The van der Waals surface area contributed by atoms with Crippen molar-refractivity contribution in [3.63, 3.8) is 0 Å². The molecule has 0 aliphatic carbocycles. The quantitative estimate of drug-likeness (QED) is 0.137. The van der Waals surface area contributed by atoms with Crippen LogP contribution >= 0.6 is 0 Å². The van der Waals surface area contributed by atoms with E-state index >= 15 is 0 Å². The van der Waals surface area contributed by atoms with Gasteiger partial charge in [0.15, 0.2) is 6.35 Å². The molecule has 1 aromatic rings. The fraction of sp³-hybridized carbons (Fsp3) is 0.412. The molecule has 0 aliphatic rings. The average Bonchev–Trinajstić information content (AvgIpc) is 2.60. The summed E-state index contributed by atoms with van der Waals surface area (Å²) >= 11 is 0. The summed E-state index contributed by atoms with van der Waals surface area (Å²) in [6, 6.07) is 6.43. The van der Waals surface area contributed by atoms with E-state index in [-0.39, 0.29) is 6.42 Å². The molecule has 154 valence electrons. The Kier molecular flexibility index (Phi) is 7.61. The van der Waals surface area contributed by atoms with Crippen LogP contribution in [-0.4, -0.2) is 62.6 Å². The van der Waals surface area contributed by atoms with Crippen molar-refractivity contribution in [2.75, 3.05) is 5.73 Å². The number of nitrogens with one attached hydrogen (secondary N) is 2. The molecule has 0 saturated carbocycles. The van der Waals surface area contributed by atoms with Crippen molar-refractivity contribution < 1.29 is 34.8 Å². The van der Waals surface area contributed by atoms with Crippen LogP contribution in [0.5, 0.6) is 0 Å². The van der Waals surface area contributed by atoms with E-state index in [0.29, 0.717) is 11.3 Å². The van der Waals surface area contributed by atoms with E-state index in [1.807, 2.05) is 0 Å². The van der Waals surface area contributed by atoms with Crippen LogP contribution in [0.15, 0.2) is 29.3 Å².